The zero-order chi connectivity index (χ0) is 34.0. The van der Waals surface area contributed by atoms with Crippen LogP contribution in [-0.2, 0) is 26.1 Å². The number of fused-ring (bicyclic) bond motifs is 1. The van der Waals surface area contributed by atoms with Crippen molar-refractivity contribution in [3.05, 3.63) is 83.7 Å². The number of benzene rings is 3. The first-order valence-corrected chi connectivity index (χ1v) is 17.4. The molecule has 0 spiro atoms. The van der Waals surface area contributed by atoms with Gasteiger partial charge in [-0.2, -0.15) is 4.31 Å². The van der Waals surface area contributed by atoms with Gasteiger partial charge in [-0.25, -0.2) is 12.8 Å². The van der Waals surface area contributed by atoms with Crippen molar-refractivity contribution in [1.82, 2.24) is 9.21 Å². The van der Waals surface area contributed by atoms with Crippen LogP contribution < -0.4 is 15.8 Å². The third-order valence-electron chi connectivity index (χ3n) is 8.40. The summed E-state index contributed by atoms with van der Waals surface area (Å²) in [6.45, 7) is 5.95. The highest BCUT2D eigenvalue weighted by molar-refractivity contribution is 7.89. The maximum atomic E-state index is 14.3. The Morgan fingerprint density at radius 1 is 1.09 bits per heavy atom. The summed E-state index contributed by atoms with van der Waals surface area (Å²) < 4.78 is 59.2. The Kier molecular flexibility index (Phi) is 13.0. The van der Waals surface area contributed by atoms with Gasteiger partial charge in [0.2, 0.25) is 10.0 Å². The lowest BCUT2D eigenvalue weighted by atomic mass is 10.0. The number of rotatable bonds is 10. The summed E-state index contributed by atoms with van der Waals surface area (Å²) in [5.74, 6) is -0.239. The van der Waals surface area contributed by atoms with E-state index in [-0.39, 0.29) is 42.5 Å². The Morgan fingerprint density at radius 3 is 2.51 bits per heavy atom. The van der Waals surface area contributed by atoms with Crippen molar-refractivity contribution < 1.29 is 31.8 Å². The lowest BCUT2D eigenvalue weighted by molar-refractivity contribution is -0.0111. The van der Waals surface area contributed by atoms with Crippen LogP contribution in [0, 0.1) is 11.7 Å². The summed E-state index contributed by atoms with van der Waals surface area (Å²) in [7, 11) is -0.806. The molecule has 1 aliphatic heterocycles. The van der Waals surface area contributed by atoms with E-state index < -0.39 is 21.9 Å². The molecular weight excluding hydrogens is 623 g/mol. The van der Waals surface area contributed by atoms with Crippen LogP contribution in [0.15, 0.2) is 71.6 Å². The van der Waals surface area contributed by atoms with Gasteiger partial charge in [0.25, 0.3) is 5.91 Å². The van der Waals surface area contributed by atoms with Crippen LogP contribution in [-0.4, -0.2) is 82.7 Å². The molecule has 1 aliphatic rings. The highest BCUT2D eigenvalue weighted by Crippen LogP contribution is 2.25. The zero-order valence-corrected chi connectivity index (χ0v) is 28.5. The molecule has 0 saturated heterocycles. The average Bonchev–Trinajstić information content (AvgIpc) is 3.06. The monoisotopic (exact) mass is 670 g/mol. The number of sulfonamides is 1. The molecule has 0 radical (unpaired) electrons. The Morgan fingerprint density at radius 2 is 1.81 bits per heavy atom. The minimum atomic E-state index is -3.91. The van der Waals surface area contributed by atoms with Crippen molar-refractivity contribution in [3.8, 4) is 5.75 Å². The molecule has 3 aromatic rings. The predicted octanol–water partition coefficient (Wildman–Crippen LogP) is 5.40. The SMILES string of the molecule is COc1ccc(COCC(C)N2C[C@@H](C)[C@H](CN(C)S(=O)(=O)c3ccc(F)cc3)OCCCCCNc3ccc(N)cc3C2=O)cc1. The lowest BCUT2D eigenvalue weighted by Gasteiger charge is -2.36. The predicted molar refractivity (Wildman–Crippen MR) is 181 cm³/mol. The number of nitrogens with two attached hydrogens (primary N) is 1. The van der Waals surface area contributed by atoms with Gasteiger partial charge in [0, 0.05) is 50.6 Å². The fraction of sp³-hybridized carbons (Fsp3) is 0.457. The van der Waals surface area contributed by atoms with Crippen LogP contribution in [0.2, 0.25) is 0 Å². The van der Waals surface area contributed by atoms with Gasteiger partial charge in [0.15, 0.2) is 0 Å². The van der Waals surface area contributed by atoms with Crippen molar-refractivity contribution in [1.29, 1.82) is 0 Å². The Hall–Kier alpha value is -3.71. The van der Waals surface area contributed by atoms with E-state index in [4.69, 9.17) is 19.9 Å². The molecule has 10 nitrogen and oxygen atoms in total. The third kappa shape index (κ3) is 9.90. The molecule has 3 N–H and O–H groups in total. The summed E-state index contributed by atoms with van der Waals surface area (Å²) in [5.41, 5.74) is 8.78. The van der Waals surface area contributed by atoms with Crippen LogP contribution in [0.25, 0.3) is 0 Å². The van der Waals surface area contributed by atoms with Crippen LogP contribution in [0.4, 0.5) is 15.8 Å². The van der Waals surface area contributed by atoms with Crippen LogP contribution >= 0.6 is 0 Å². The van der Waals surface area contributed by atoms with E-state index in [9.17, 15) is 17.6 Å². The Bertz CT molecular complexity index is 1560. The van der Waals surface area contributed by atoms with Gasteiger partial charge in [-0.05, 0) is 86.3 Å². The maximum Gasteiger partial charge on any atom is 0.256 e. The summed E-state index contributed by atoms with van der Waals surface area (Å²) in [5, 5.41) is 3.41. The van der Waals surface area contributed by atoms with E-state index in [0.29, 0.717) is 36.7 Å². The van der Waals surface area contributed by atoms with Crippen molar-refractivity contribution >= 4 is 27.3 Å². The van der Waals surface area contributed by atoms with E-state index in [1.807, 2.05) is 44.2 Å². The first-order valence-electron chi connectivity index (χ1n) is 16.0. The average molecular weight is 671 g/mol. The molecular formula is C35H47FN4O6S. The van der Waals surface area contributed by atoms with Gasteiger partial charge in [0.1, 0.15) is 11.6 Å². The number of nitrogens with zero attached hydrogens (tertiary/aromatic N) is 2. The molecule has 47 heavy (non-hydrogen) atoms. The Balaban J connectivity index is 1.59. The van der Waals surface area contributed by atoms with Gasteiger partial charge >= 0.3 is 0 Å². The molecule has 4 rings (SSSR count). The molecule has 1 heterocycles. The van der Waals surface area contributed by atoms with Gasteiger partial charge in [-0.3, -0.25) is 4.79 Å². The van der Waals surface area contributed by atoms with E-state index in [1.54, 1.807) is 24.1 Å². The molecule has 256 valence electrons. The van der Waals surface area contributed by atoms with Gasteiger partial charge < -0.3 is 30.2 Å². The van der Waals surface area contributed by atoms with Crippen molar-refractivity contribution in [2.45, 2.75) is 56.8 Å². The quantitative estimate of drug-likeness (QED) is 0.275. The van der Waals surface area contributed by atoms with Crippen molar-refractivity contribution in [2.75, 3.05) is 58.1 Å². The molecule has 1 unspecified atom stereocenters. The van der Waals surface area contributed by atoms with Crippen molar-refractivity contribution in [3.63, 3.8) is 0 Å². The molecule has 1 amide bonds. The fourth-order valence-corrected chi connectivity index (χ4v) is 6.68. The van der Waals surface area contributed by atoms with Crippen LogP contribution in [0.3, 0.4) is 0 Å². The van der Waals surface area contributed by atoms with Gasteiger partial charge in [0.05, 0.1) is 42.9 Å². The second-order valence-corrected chi connectivity index (χ2v) is 14.1. The van der Waals surface area contributed by atoms with E-state index in [0.717, 1.165) is 42.7 Å². The molecule has 3 atom stereocenters. The number of carbonyl (C=O) groups excluding carboxylic acids is 1. The Labute approximate surface area is 278 Å². The van der Waals surface area contributed by atoms with Crippen molar-refractivity contribution in [2.24, 2.45) is 5.92 Å². The zero-order valence-electron chi connectivity index (χ0n) is 27.7. The number of hydrogen-bond acceptors (Lipinski definition) is 8. The molecule has 0 bridgehead atoms. The topological polar surface area (TPSA) is 123 Å². The summed E-state index contributed by atoms with van der Waals surface area (Å²) >= 11 is 0. The van der Waals surface area contributed by atoms with Crippen LogP contribution in [0.5, 0.6) is 5.75 Å². The molecule has 0 saturated carbocycles. The normalized spacial score (nSPS) is 19.0. The largest absolute Gasteiger partial charge is 0.497 e. The van der Waals surface area contributed by atoms with Crippen LogP contribution in [0.1, 0.15) is 49.0 Å². The van der Waals surface area contributed by atoms with E-state index >= 15 is 0 Å². The molecule has 0 aliphatic carbocycles. The second-order valence-electron chi connectivity index (χ2n) is 12.1. The minimum absolute atomic E-state index is 0.00363. The number of ether oxygens (including phenoxy) is 3. The number of amides is 1. The lowest BCUT2D eigenvalue weighted by Crippen LogP contribution is -2.48. The number of nitrogens with one attached hydrogen (secondary N) is 1. The summed E-state index contributed by atoms with van der Waals surface area (Å²) in [6.07, 6.45) is 2.02. The highest BCUT2D eigenvalue weighted by Gasteiger charge is 2.32. The first-order chi connectivity index (χ1) is 22.5. The number of likely N-dealkylation sites (N-methyl/N-ethyl adjacent to an activating group) is 1. The smallest absolute Gasteiger partial charge is 0.256 e. The fourth-order valence-electron chi connectivity index (χ4n) is 5.49. The third-order valence-corrected chi connectivity index (χ3v) is 10.2. The number of hydrogen-bond donors (Lipinski definition) is 2. The number of nitrogen functional groups attached to an aromatic ring is 1. The number of halogens is 1. The maximum absolute atomic E-state index is 14.3. The number of methoxy groups -OCH3 is 1. The summed E-state index contributed by atoms with van der Waals surface area (Å²) in [6, 6.07) is 17.3. The van der Waals surface area contributed by atoms with E-state index in [1.165, 1.54) is 23.5 Å². The number of anilines is 2. The molecule has 3 aromatic carbocycles. The first kappa shape index (κ1) is 36.1. The minimum Gasteiger partial charge on any atom is -0.497 e. The molecule has 12 heteroatoms. The van der Waals surface area contributed by atoms with Gasteiger partial charge in [-0.15, -0.1) is 0 Å². The van der Waals surface area contributed by atoms with E-state index in [2.05, 4.69) is 5.32 Å². The standard InChI is InChI=1S/C35H47FN4O6S/c1-25-21-40(26(2)23-45-24-27-8-13-30(44-4)14-9-27)35(41)32-20-29(37)12-17-33(32)38-18-6-5-7-19-46-34(25)22-39(3)47(42,43)31-15-10-28(36)11-16-31/h8-17,20,25-26,34,38H,5-7,18-19,21-24,37H2,1-4H3/t25-,26?,34+/m1/s1. The molecule has 0 aromatic heterocycles. The highest BCUT2D eigenvalue weighted by atomic mass is 32.2. The second kappa shape index (κ2) is 16.9. The number of carbonyl (C=O) groups is 1. The molecule has 0 fully saturated rings. The van der Waals surface area contributed by atoms with Gasteiger partial charge in [-0.1, -0.05) is 19.1 Å². The summed E-state index contributed by atoms with van der Waals surface area (Å²) in [4.78, 5) is 16.1.